The van der Waals surface area contributed by atoms with Crippen LogP contribution in [-0.4, -0.2) is 26.2 Å². The van der Waals surface area contributed by atoms with Crippen molar-refractivity contribution in [1.29, 1.82) is 0 Å². The quantitative estimate of drug-likeness (QED) is 0.722. The molecule has 142 valence electrons. The van der Waals surface area contributed by atoms with Gasteiger partial charge >= 0.3 is 0 Å². The number of carbonyl (C=O) groups excluding carboxylic acids is 1. The summed E-state index contributed by atoms with van der Waals surface area (Å²) >= 11 is 0. The lowest BCUT2D eigenvalue weighted by molar-refractivity contribution is 0.102. The fourth-order valence-corrected chi connectivity index (χ4v) is 3.21. The van der Waals surface area contributed by atoms with Gasteiger partial charge in [0.15, 0.2) is 11.5 Å². The molecule has 0 spiro atoms. The molecule has 0 saturated carbocycles. The summed E-state index contributed by atoms with van der Waals surface area (Å²) in [5, 5.41) is 3.01. The minimum Gasteiger partial charge on any atom is -0.493 e. The summed E-state index contributed by atoms with van der Waals surface area (Å²) in [4.78, 5) is 12.9. The average molecular weight is 375 g/mol. The molecule has 3 aromatic carbocycles. The number of methoxy groups -OCH3 is 1. The Morgan fingerprint density at radius 3 is 2.57 bits per heavy atom. The number of amides is 1. The number of benzene rings is 3. The van der Waals surface area contributed by atoms with Gasteiger partial charge in [0, 0.05) is 11.3 Å². The molecule has 4 rings (SSSR count). The maximum absolute atomic E-state index is 12.9. The lowest BCUT2D eigenvalue weighted by Crippen LogP contribution is -2.18. The highest BCUT2D eigenvalue weighted by atomic mass is 16.6. The predicted octanol–water partition coefficient (Wildman–Crippen LogP) is 4.31. The van der Waals surface area contributed by atoms with Gasteiger partial charge in [-0.15, -0.1) is 0 Å². The number of hydrogen-bond acceptors (Lipinski definition) is 4. The van der Waals surface area contributed by atoms with Gasteiger partial charge in [-0.2, -0.15) is 0 Å². The van der Waals surface area contributed by atoms with Gasteiger partial charge in [0.25, 0.3) is 5.91 Å². The highest BCUT2D eigenvalue weighted by Gasteiger charge is 2.21. The summed E-state index contributed by atoms with van der Waals surface area (Å²) in [7, 11) is 1.55. The highest BCUT2D eigenvalue weighted by molar-refractivity contribution is 6.05. The molecule has 0 saturated heterocycles. The van der Waals surface area contributed by atoms with Gasteiger partial charge in [-0.05, 0) is 35.7 Å². The Morgan fingerprint density at radius 2 is 1.75 bits per heavy atom. The van der Waals surface area contributed by atoms with Crippen LogP contribution in [0.2, 0.25) is 0 Å². The number of hydrogen-bond donors (Lipinski definition) is 1. The molecule has 0 aliphatic carbocycles. The Kier molecular flexibility index (Phi) is 5.15. The van der Waals surface area contributed by atoms with E-state index in [1.54, 1.807) is 19.2 Å². The van der Waals surface area contributed by atoms with Gasteiger partial charge < -0.3 is 19.5 Å². The first kappa shape index (κ1) is 17.9. The summed E-state index contributed by atoms with van der Waals surface area (Å²) in [6.45, 7) is 0.906. The molecule has 0 unspecified atom stereocenters. The molecule has 1 N–H and O–H groups in total. The van der Waals surface area contributed by atoms with E-state index in [0.29, 0.717) is 36.0 Å². The van der Waals surface area contributed by atoms with Gasteiger partial charge in [-0.25, -0.2) is 0 Å². The average Bonchev–Trinajstić information content (AvgIpc) is 2.75. The number of para-hydroxylation sites is 1. The smallest absolute Gasteiger partial charge is 0.255 e. The van der Waals surface area contributed by atoms with Crippen LogP contribution in [0.1, 0.15) is 21.5 Å². The van der Waals surface area contributed by atoms with E-state index in [9.17, 15) is 4.79 Å². The van der Waals surface area contributed by atoms with Crippen molar-refractivity contribution >= 4 is 11.6 Å². The van der Waals surface area contributed by atoms with Crippen LogP contribution in [-0.2, 0) is 6.42 Å². The lowest BCUT2D eigenvalue weighted by Gasteiger charge is -2.21. The Hall–Kier alpha value is -3.47. The topological polar surface area (TPSA) is 56.8 Å². The van der Waals surface area contributed by atoms with Crippen molar-refractivity contribution in [2.24, 2.45) is 0 Å². The van der Waals surface area contributed by atoms with Crippen molar-refractivity contribution in [3.63, 3.8) is 0 Å². The van der Waals surface area contributed by atoms with Crippen LogP contribution >= 0.6 is 0 Å². The Bertz CT molecular complexity index is 968. The van der Waals surface area contributed by atoms with E-state index in [2.05, 4.69) is 17.4 Å². The third-order valence-electron chi connectivity index (χ3n) is 4.59. The van der Waals surface area contributed by atoms with Crippen LogP contribution in [0.5, 0.6) is 17.2 Å². The zero-order valence-electron chi connectivity index (χ0n) is 15.6. The fraction of sp³-hybridized carbons (Fsp3) is 0.174. The van der Waals surface area contributed by atoms with Gasteiger partial charge in [-0.3, -0.25) is 4.79 Å². The predicted molar refractivity (Wildman–Crippen MR) is 108 cm³/mol. The molecular weight excluding hydrogens is 354 g/mol. The normalized spacial score (nSPS) is 12.3. The van der Waals surface area contributed by atoms with Crippen molar-refractivity contribution in [3.8, 4) is 17.2 Å². The van der Waals surface area contributed by atoms with Crippen LogP contribution in [0, 0.1) is 0 Å². The third kappa shape index (κ3) is 3.78. The van der Waals surface area contributed by atoms with E-state index in [0.717, 1.165) is 17.7 Å². The van der Waals surface area contributed by atoms with Crippen molar-refractivity contribution in [2.45, 2.75) is 6.42 Å². The molecule has 5 heteroatoms. The van der Waals surface area contributed by atoms with Crippen molar-refractivity contribution in [2.75, 3.05) is 25.6 Å². The number of carbonyl (C=O) groups is 1. The molecular formula is C23H21NO4. The van der Waals surface area contributed by atoms with Crippen LogP contribution in [0.15, 0.2) is 66.7 Å². The van der Waals surface area contributed by atoms with Gasteiger partial charge in [0.1, 0.15) is 13.2 Å². The summed E-state index contributed by atoms with van der Waals surface area (Å²) in [6, 6.07) is 21.3. The molecule has 0 aromatic heterocycles. The van der Waals surface area contributed by atoms with Gasteiger partial charge in [-0.1, -0.05) is 48.5 Å². The SMILES string of the molecule is COc1cc(C(=O)Nc2ccccc2Cc2ccccc2)cc2c1OCCO2. The van der Waals surface area contributed by atoms with Gasteiger partial charge in [0.05, 0.1) is 7.11 Å². The molecule has 1 aliphatic rings. The first-order chi connectivity index (χ1) is 13.7. The van der Waals surface area contributed by atoms with Gasteiger partial charge in [0.2, 0.25) is 5.75 Å². The van der Waals surface area contributed by atoms with Crippen molar-refractivity contribution in [3.05, 3.63) is 83.4 Å². The molecule has 0 fully saturated rings. The van der Waals surface area contributed by atoms with Crippen molar-refractivity contribution < 1.29 is 19.0 Å². The van der Waals surface area contributed by atoms with Crippen LogP contribution in [0.4, 0.5) is 5.69 Å². The van der Waals surface area contributed by atoms with E-state index in [1.807, 2.05) is 42.5 Å². The number of fused-ring (bicyclic) bond motifs is 1. The molecule has 0 bridgehead atoms. The second-order valence-corrected chi connectivity index (χ2v) is 6.48. The largest absolute Gasteiger partial charge is 0.493 e. The number of nitrogens with one attached hydrogen (secondary N) is 1. The second kappa shape index (κ2) is 8.05. The van der Waals surface area contributed by atoms with E-state index < -0.39 is 0 Å². The molecule has 28 heavy (non-hydrogen) atoms. The number of ether oxygens (including phenoxy) is 3. The van der Waals surface area contributed by atoms with Crippen LogP contribution in [0.25, 0.3) is 0 Å². The molecule has 1 heterocycles. The number of anilines is 1. The standard InChI is InChI=1S/C23H21NO4/c1-26-20-14-18(15-21-22(20)28-12-11-27-21)23(25)24-19-10-6-5-9-17(19)13-16-7-3-2-4-8-16/h2-10,14-15H,11-13H2,1H3,(H,24,25). The fourth-order valence-electron chi connectivity index (χ4n) is 3.21. The molecule has 1 aliphatic heterocycles. The lowest BCUT2D eigenvalue weighted by atomic mass is 10.0. The van der Waals surface area contributed by atoms with Crippen molar-refractivity contribution in [1.82, 2.24) is 0 Å². The highest BCUT2D eigenvalue weighted by Crippen LogP contribution is 2.40. The molecule has 1 amide bonds. The van der Waals surface area contributed by atoms with E-state index >= 15 is 0 Å². The van der Waals surface area contributed by atoms with E-state index in [1.165, 1.54) is 5.56 Å². The zero-order chi connectivity index (χ0) is 19.3. The molecule has 0 radical (unpaired) electrons. The summed E-state index contributed by atoms with van der Waals surface area (Å²) in [5.74, 6) is 1.32. The van der Waals surface area contributed by atoms with E-state index in [4.69, 9.17) is 14.2 Å². The minimum atomic E-state index is -0.226. The van der Waals surface area contributed by atoms with Crippen LogP contribution < -0.4 is 19.5 Å². The third-order valence-corrected chi connectivity index (χ3v) is 4.59. The monoisotopic (exact) mass is 375 g/mol. The maximum atomic E-state index is 12.9. The van der Waals surface area contributed by atoms with E-state index in [-0.39, 0.29) is 5.91 Å². The van der Waals surface area contributed by atoms with Crippen LogP contribution in [0.3, 0.4) is 0 Å². The first-order valence-electron chi connectivity index (χ1n) is 9.15. The Balaban J connectivity index is 1.59. The molecule has 3 aromatic rings. The Morgan fingerprint density at radius 1 is 1.00 bits per heavy atom. The molecule has 0 atom stereocenters. The summed E-state index contributed by atoms with van der Waals surface area (Å²) in [6.07, 6.45) is 0.738. The first-order valence-corrected chi connectivity index (χ1v) is 9.15. The zero-order valence-corrected chi connectivity index (χ0v) is 15.6. The Labute approximate surface area is 163 Å². The molecule has 5 nitrogen and oxygen atoms in total. The summed E-state index contributed by atoms with van der Waals surface area (Å²) < 4.78 is 16.6. The summed E-state index contributed by atoms with van der Waals surface area (Å²) in [5.41, 5.74) is 3.47. The number of rotatable bonds is 5. The minimum absolute atomic E-state index is 0.226. The second-order valence-electron chi connectivity index (χ2n) is 6.48. The maximum Gasteiger partial charge on any atom is 0.255 e.